The molecule has 0 aromatic carbocycles. The van der Waals surface area contributed by atoms with Crippen LogP contribution in [-0.2, 0) is 13.0 Å². The minimum absolute atomic E-state index is 0.786. The summed E-state index contributed by atoms with van der Waals surface area (Å²) >= 11 is 1.67. The summed E-state index contributed by atoms with van der Waals surface area (Å²) in [6.45, 7) is 10.5. The predicted octanol–water partition coefficient (Wildman–Crippen LogP) is 3.47. The second-order valence-electron chi connectivity index (χ2n) is 3.85. The van der Waals surface area contributed by atoms with Crippen molar-refractivity contribution in [2.24, 2.45) is 0 Å². The zero-order chi connectivity index (χ0) is 12.5. The average Bonchev–Trinajstić information content (AvgIpc) is 2.71. The van der Waals surface area contributed by atoms with Crippen molar-refractivity contribution in [2.75, 3.05) is 5.75 Å². The highest BCUT2D eigenvalue weighted by Gasteiger charge is 2.10. The Bertz CT molecular complexity index is 358. The van der Waals surface area contributed by atoms with Crippen LogP contribution in [0.4, 0.5) is 0 Å². The highest BCUT2D eigenvalue weighted by molar-refractivity contribution is 7.99. The van der Waals surface area contributed by atoms with Crippen molar-refractivity contribution < 1.29 is 0 Å². The van der Waals surface area contributed by atoms with E-state index in [2.05, 4.69) is 34.8 Å². The molecule has 3 nitrogen and oxygen atoms in total. The number of unbranched alkanes of at least 4 members (excludes halogenated alkanes) is 2. The van der Waals surface area contributed by atoms with Crippen LogP contribution in [0.15, 0.2) is 30.5 Å². The summed E-state index contributed by atoms with van der Waals surface area (Å²) in [5.41, 5.74) is 0. The highest BCUT2D eigenvalue weighted by Crippen LogP contribution is 2.18. The van der Waals surface area contributed by atoms with Crippen LogP contribution >= 0.6 is 11.8 Å². The van der Waals surface area contributed by atoms with E-state index in [9.17, 15) is 0 Å². The summed E-state index contributed by atoms with van der Waals surface area (Å²) in [7, 11) is 0. The van der Waals surface area contributed by atoms with Crippen LogP contribution in [0, 0.1) is 0 Å². The van der Waals surface area contributed by atoms with Crippen molar-refractivity contribution in [3.05, 3.63) is 31.1 Å². The van der Waals surface area contributed by atoms with Crippen LogP contribution in [0.2, 0.25) is 0 Å². The van der Waals surface area contributed by atoms with Crippen molar-refractivity contribution in [1.82, 2.24) is 14.8 Å². The molecule has 0 unspecified atom stereocenters. The summed E-state index contributed by atoms with van der Waals surface area (Å²) in [5, 5.41) is 9.47. The number of hydrogen-bond acceptors (Lipinski definition) is 3. The Hall–Kier alpha value is -1.03. The van der Waals surface area contributed by atoms with Crippen molar-refractivity contribution >= 4 is 11.8 Å². The molecule has 0 saturated carbocycles. The molecule has 1 aromatic rings. The molecular weight excluding hydrogens is 230 g/mol. The topological polar surface area (TPSA) is 30.7 Å². The van der Waals surface area contributed by atoms with Gasteiger partial charge in [0.15, 0.2) is 5.16 Å². The molecule has 0 fully saturated rings. The molecule has 1 heterocycles. The minimum Gasteiger partial charge on any atom is -0.302 e. The van der Waals surface area contributed by atoms with Crippen molar-refractivity contribution in [1.29, 1.82) is 0 Å². The number of aromatic nitrogens is 3. The second-order valence-corrected chi connectivity index (χ2v) is 4.84. The molecule has 17 heavy (non-hydrogen) atoms. The molecule has 4 heteroatoms. The van der Waals surface area contributed by atoms with E-state index in [1.54, 1.807) is 11.8 Å². The SMILES string of the molecule is C=CCSc1nnc(CCCCC)n1CC=C. The zero-order valence-electron chi connectivity index (χ0n) is 10.6. The van der Waals surface area contributed by atoms with Crippen LogP contribution in [0.3, 0.4) is 0 Å². The van der Waals surface area contributed by atoms with E-state index >= 15 is 0 Å². The standard InChI is InChI=1S/C13H21N3S/c1-4-7-8-9-12-14-15-13(17-11-6-3)16(12)10-5-2/h5-6H,2-4,7-11H2,1H3. The Balaban J connectivity index is 2.70. The van der Waals surface area contributed by atoms with Gasteiger partial charge >= 0.3 is 0 Å². The summed E-state index contributed by atoms with van der Waals surface area (Å²) < 4.78 is 2.15. The van der Waals surface area contributed by atoms with E-state index in [0.29, 0.717) is 0 Å². The van der Waals surface area contributed by atoms with E-state index in [1.165, 1.54) is 19.3 Å². The fourth-order valence-electron chi connectivity index (χ4n) is 1.59. The first-order valence-electron chi connectivity index (χ1n) is 6.10. The Morgan fingerprint density at radius 1 is 1.24 bits per heavy atom. The largest absolute Gasteiger partial charge is 0.302 e. The van der Waals surface area contributed by atoms with Gasteiger partial charge in [0.1, 0.15) is 5.82 Å². The first-order valence-corrected chi connectivity index (χ1v) is 7.08. The zero-order valence-corrected chi connectivity index (χ0v) is 11.4. The molecule has 94 valence electrons. The number of nitrogens with zero attached hydrogens (tertiary/aromatic N) is 3. The highest BCUT2D eigenvalue weighted by atomic mass is 32.2. The van der Waals surface area contributed by atoms with Crippen LogP contribution < -0.4 is 0 Å². The molecule has 0 spiro atoms. The Morgan fingerprint density at radius 2 is 2.06 bits per heavy atom. The Labute approximate surface area is 108 Å². The van der Waals surface area contributed by atoms with Crippen LogP contribution in [0.5, 0.6) is 0 Å². The fraction of sp³-hybridized carbons (Fsp3) is 0.538. The van der Waals surface area contributed by atoms with E-state index in [-0.39, 0.29) is 0 Å². The van der Waals surface area contributed by atoms with Crippen molar-refractivity contribution in [2.45, 2.75) is 44.3 Å². The van der Waals surface area contributed by atoms with Gasteiger partial charge in [0.2, 0.25) is 0 Å². The maximum atomic E-state index is 4.27. The van der Waals surface area contributed by atoms with Crippen LogP contribution in [0.25, 0.3) is 0 Å². The number of rotatable bonds is 9. The lowest BCUT2D eigenvalue weighted by atomic mass is 10.2. The first-order chi connectivity index (χ1) is 8.33. The third-order valence-corrected chi connectivity index (χ3v) is 3.40. The van der Waals surface area contributed by atoms with E-state index in [4.69, 9.17) is 0 Å². The lowest BCUT2D eigenvalue weighted by Gasteiger charge is -2.06. The van der Waals surface area contributed by atoms with Gasteiger partial charge in [-0.05, 0) is 6.42 Å². The van der Waals surface area contributed by atoms with E-state index in [1.807, 2.05) is 12.2 Å². The van der Waals surface area contributed by atoms with E-state index < -0.39 is 0 Å². The van der Waals surface area contributed by atoms with Gasteiger partial charge in [-0.3, -0.25) is 0 Å². The van der Waals surface area contributed by atoms with Crippen molar-refractivity contribution in [3.63, 3.8) is 0 Å². The smallest absolute Gasteiger partial charge is 0.191 e. The van der Waals surface area contributed by atoms with Crippen LogP contribution in [0.1, 0.15) is 32.0 Å². The summed E-state index contributed by atoms with van der Waals surface area (Å²) in [5.74, 6) is 1.94. The van der Waals surface area contributed by atoms with Gasteiger partial charge in [-0.15, -0.1) is 23.4 Å². The van der Waals surface area contributed by atoms with Gasteiger partial charge < -0.3 is 4.57 Å². The quantitative estimate of drug-likeness (QED) is 0.382. The van der Waals surface area contributed by atoms with Crippen molar-refractivity contribution in [3.8, 4) is 0 Å². The first kappa shape index (κ1) is 14.0. The molecule has 0 bridgehead atoms. The van der Waals surface area contributed by atoms with Gasteiger partial charge in [-0.1, -0.05) is 43.7 Å². The summed E-state index contributed by atoms with van der Waals surface area (Å²) in [4.78, 5) is 0. The van der Waals surface area contributed by atoms with Gasteiger partial charge in [-0.2, -0.15) is 0 Å². The third kappa shape index (κ3) is 4.38. The van der Waals surface area contributed by atoms with Gasteiger partial charge in [0.05, 0.1) is 0 Å². The maximum Gasteiger partial charge on any atom is 0.191 e. The third-order valence-electron chi connectivity index (χ3n) is 2.44. The molecule has 0 saturated heterocycles. The maximum absolute atomic E-state index is 4.27. The summed E-state index contributed by atoms with van der Waals surface area (Å²) in [6, 6.07) is 0. The molecule has 0 aliphatic rings. The van der Waals surface area contributed by atoms with E-state index in [0.717, 1.165) is 29.7 Å². The number of thioether (sulfide) groups is 1. The molecule has 0 radical (unpaired) electrons. The molecule has 0 atom stereocenters. The fourth-order valence-corrected chi connectivity index (χ4v) is 2.29. The summed E-state index contributed by atoms with van der Waals surface area (Å²) in [6.07, 6.45) is 8.43. The van der Waals surface area contributed by atoms with Gasteiger partial charge in [-0.25, -0.2) is 0 Å². The molecule has 0 aliphatic carbocycles. The second kappa shape index (κ2) is 8.12. The van der Waals surface area contributed by atoms with Gasteiger partial charge in [0.25, 0.3) is 0 Å². The Kier molecular flexibility index (Phi) is 6.70. The Morgan fingerprint density at radius 3 is 2.71 bits per heavy atom. The molecule has 1 rings (SSSR count). The molecular formula is C13H21N3S. The molecule has 0 amide bonds. The van der Waals surface area contributed by atoms with Gasteiger partial charge in [0, 0.05) is 18.7 Å². The monoisotopic (exact) mass is 251 g/mol. The van der Waals surface area contributed by atoms with Crippen LogP contribution in [-0.4, -0.2) is 20.5 Å². The number of hydrogen-bond donors (Lipinski definition) is 0. The average molecular weight is 251 g/mol. The lowest BCUT2D eigenvalue weighted by Crippen LogP contribution is -2.04. The molecule has 1 aromatic heterocycles. The number of allylic oxidation sites excluding steroid dienone is 1. The molecule has 0 N–H and O–H groups in total. The normalized spacial score (nSPS) is 10.4. The molecule has 0 aliphatic heterocycles. The number of aryl methyl sites for hydroxylation is 1. The predicted molar refractivity (Wildman–Crippen MR) is 74.4 cm³/mol. The minimum atomic E-state index is 0.786. The lowest BCUT2D eigenvalue weighted by molar-refractivity contribution is 0.634.